The van der Waals surface area contributed by atoms with Gasteiger partial charge < -0.3 is 10.3 Å². The van der Waals surface area contributed by atoms with Crippen molar-refractivity contribution >= 4 is 12.2 Å². The maximum Gasteiger partial charge on any atom is 0.332 e. The molecule has 6 nitrogen and oxygen atoms in total. The maximum absolute atomic E-state index is 10.5. The van der Waals surface area contributed by atoms with Crippen LogP contribution < -0.4 is 11.2 Å². The quantitative estimate of drug-likeness (QED) is 0.630. The Kier molecular flexibility index (Phi) is 5.09. The van der Waals surface area contributed by atoms with E-state index in [-0.39, 0.29) is 6.04 Å². The fourth-order valence-electron chi connectivity index (χ4n) is 2.19. The molecule has 0 aliphatic rings. The lowest BCUT2D eigenvalue weighted by atomic mass is 10.0. The van der Waals surface area contributed by atoms with Gasteiger partial charge in [-0.2, -0.15) is 5.10 Å². The summed E-state index contributed by atoms with van der Waals surface area (Å²) in [5.74, 6) is 0. The number of hydrazone groups is 1. The number of amides is 2. The minimum Gasteiger partial charge on any atom is -0.350 e. The number of aromatic nitrogens is 2. The first-order chi connectivity index (χ1) is 10.2. The number of nitrogens with two attached hydrogens (primary N) is 1. The number of rotatable bonds is 6. The fraction of sp³-hybridized carbons (Fsp3) is 0.267. The molecule has 1 atom stereocenters. The number of carbonyl (C=O) groups is 1. The van der Waals surface area contributed by atoms with Gasteiger partial charge in [-0.05, 0) is 17.5 Å². The van der Waals surface area contributed by atoms with E-state index in [4.69, 9.17) is 5.73 Å². The maximum atomic E-state index is 10.5. The van der Waals surface area contributed by atoms with Crippen molar-refractivity contribution in [3.05, 3.63) is 54.1 Å². The van der Waals surface area contributed by atoms with E-state index >= 15 is 0 Å². The van der Waals surface area contributed by atoms with Crippen LogP contribution in [0.1, 0.15) is 36.9 Å². The topological polar surface area (TPSA) is 85.3 Å². The molecular formula is C15H19N5O. The van der Waals surface area contributed by atoms with Gasteiger partial charge in [-0.3, -0.25) is 0 Å². The highest BCUT2D eigenvalue weighted by molar-refractivity contribution is 5.81. The van der Waals surface area contributed by atoms with Gasteiger partial charge in [0.15, 0.2) is 0 Å². The van der Waals surface area contributed by atoms with E-state index in [0.717, 1.165) is 18.4 Å². The normalized spacial score (nSPS) is 12.4. The number of nitrogens with zero attached hydrogens (tertiary/aromatic N) is 3. The molecule has 2 rings (SSSR count). The summed E-state index contributed by atoms with van der Waals surface area (Å²) < 4.78 is 2.11. The van der Waals surface area contributed by atoms with Crippen molar-refractivity contribution in [1.82, 2.24) is 15.0 Å². The van der Waals surface area contributed by atoms with Crippen LogP contribution in [0.5, 0.6) is 0 Å². The number of imidazole rings is 1. The zero-order chi connectivity index (χ0) is 15.1. The monoisotopic (exact) mass is 285 g/mol. The molecule has 3 N–H and O–H groups in total. The van der Waals surface area contributed by atoms with Crippen LogP contribution in [-0.4, -0.2) is 21.8 Å². The molecule has 0 saturated heterocycles. The van der Waals surface area contributed by atoms with Crippen molar-refractivity contribution in [2.24, 2.45) is 10.8 Å². The van der Waals surface area contributed by atoms with Crippen molar-refractivity contribution in [3.8, 4) is 0 Å². The van der Waals surface area contributed by atoms with Gasteiger partial charge in [-0.1, -0.05) is 37.6 Å². The Morgan fingerprint density at radius 3 is 2.81 bits per heavy atom. The van der Waals surface area contributed by atoms with Crippen LogP contribution in [0.25, 0.3) is 0 Å². The minimum atomic E-state index is -0.675. The highest BCUT2D eigenvalue weighted by atomic mass is 16.2. The van der Waals surface area contributed by atoms with Crippen LogP contribution in [0, 0.1) is 0 Å². The lowest BCUT2D eigenvalue weighted by molar-refractivity contribution is 0.249. The smallest absolute Gasteiger partial charge is 0.332 e. The number of urea groups is 1. The van der Waals surface area contributed by atoms with E-state index in [0.29, 0.717) is 0 Å². The standard InChI is InChI=1S/C15H19N5O/c1-2-3-14(20-9-8-17-11-20)13-6-4-12(5-7-13)10-18-19-15(16)21/h4-11,14H,2-3H2,1H3,(H3,16,19,21)/b18-10+. The van der Waals surface area contributed by atoms with Gasteiger partial charge in [0.05, 0.1) is 18.6 Å². The second kappa shape index (κ2) is 7.23. The number of primary amides is 1. The second-order valence-electron chi connectivity index (χ2n) is 4.72. The molecule has 21 heavy (non-hydrogen) atoms. The molecule has 0 radical (unpaired) electrons. The van der Waals surface area contributed by atoms with Gasteiger partial charge in [-0.15, -0.1) is 0 Å². The zero-order valence-electron chi connectivity index (χ0n) is 11.9. The molecule has 0 bridgehead atoms. The highest BCUT2D eigenvalue weighted by Gasteiger charge is 2.11. The Hall–Kier alpha value is -2.63. The summed E-state index contributed by atoms with van der Waals surface area (Å²) in [5, 5.41) is 3.74. The van der Waals surface area contributed by atoms with Crippen LogP contribution in [0.2, 0.25) is 0 Å². The van der Waals surface area contributed by atoms with Crippen LogP contribution in [0.15, 0.2) is 48.1 Å². The molecule has 0 aliphatic heterocycles. The van der Waals surface area contributed by atoms with Gasteiger partial charge in [0.25, 0.3) is 0 Å². The molecule has 0 spiro atoms. The van der Waals surface area contributed by atoms with E-state index in [1.165, 1.54) is 5.56 Å². The van der Waals surface area contributed by atoms with Gasteiger partial charge in [0, 0.05) is 12.4 Å². The Morgan fingerprint density at radius 1 is 1.48 bits per heavy atom. The van der Waals surface area contributed by atoms with Crippen molar-refractivity contribution < 1.29 is 4.79 Å². The predicted octanol–water partition coefficient (Wildman–Crippen LogP) is 2.27. The molecule has 0 fully saturated rings. The van der Waals surface area contributed by atoms with Crippen molar-refractivity contribution in [3.63, 3.8) is 0 Å². The molecule has 1 heterocycles. The SMILES string of the molecule is CCCC(c1ccc(/C=N/NC(N)=O)cc1)n1ccnc1. The van der Waals surface area contributed by atoms with E-state index in [1.54, 1.807) is 12.4 Å². The summed E-state index contributed by atoms with van der Waals surface area (Å²) in [5.41, 5.74) is 9.22. The average molecular weight is 285 g/mol. The minimum absolute atomic E-state index is 0.284. The Balaban J connectivity index is 2.12. The summed E-state index contributed by atoms with van der Waals surface area (Å²) in [4.78, 5) is 14.6. The first kappa shape index (κ1) is 14.8. The summed E-state index contributed by atoms with van der Waals surface area (Å²) in [6.07, 6.45) is 9.31. The molecule has 6 heteroatoms. The van der Waals surface area contributed by atoms with Crippen LogP contribution in [0.4, 0.5) is 4.79 Å². The van der Waals surface area contributed by atoms with Crippen molar-refractivity contribution in [1.29, 1.82) is 0 Å². The number of nitrogens with one attached hydrogen (secondary N) is 1. The summed E-state index contributed by atoms with van der Waals surface area (Å²) >= 11 is 0. The fourth-order valence-corrected chi connectivity index (χ4v) is 2.19. The summed E-state index contributed by atoms with van der Waals surface area (Å²) in [7, 11) is 0. The first-order valence-corrected chi connectivity index (χ1v) is 6.86. The highest BCUT2D eigenvalue weighted by Crippen LogP contribution is 2.23. The molecule has 2 amide bonds. The molecule has 1 aromatic carbocycles. The average Bonchev–Trinajstić information content (AvgIpc) is 2.99. The molecule has 0 aliphatic carbocycles. The molecule has 1 aromatic heterocycles. The number of hydrogen-bond donors (Lipinski definition) is 2. The summed E-state index contributed by atoms with van der Waals surface area (Å²) in [6, 6.07) is 7.65. The third-order valence-corrected chi connectivity index (χ3v) is 3.16. The number of benzene rings is 1. The predicted molar refractivity (Wildman–Crippen MR) is 82.0 cm³/mol. The molecular weight excluding hydrogens is 266 g/mol. The zero-order valence-corrected chi connectivity index (χ0v) is 11.9. The third kappa shape index (κ3) is 4.17. The van der Waals surface area contributed by atoms with E-state index in [1.807, 2.05) is 24.7 Å². The van der Waals surface area contributed by atoms with E-state index < -0.39 is 6.03 Å². The summed E-state index contributed by atoms with van der Waals surface area (Å²) in [6.45, 7) is 2.17. The number of hydrogen-bond acceptors (Lipinski definition) is 3. The largest absolute Gasteiger partial charge is 0.350 e. The van der Waals surface area contributed by atoms with Gasteiger partial charge >= 0.3 is 6.03 Å². The van der Waals surface area contributed by atoms with Crippen LogP contribution in [0.3, 0.4) is 0 Å². The lowest BCUT2D eigenvalue weighted by Crippen LogP contribution is -2.24. The van der Waals surface area contributed by atoms with Gasteiger partial charge in [0.2, 0.25) is 0 Å². The molecule has 2 aromatic rings. The van der Waals surface area contributed by atoms with Gasteiger partial charge in [-0.25, -0.2) is 15.2 Å². The Labute approximate surface area is 123 Å². The molecule has 0 saturated carbocycles. The van der Waals surface area contributed by atoms with Gasteiger partial charge in [0.1, 0.15) is 0 Å². The second-order valence-corrected chi connectivity index (χ2v) is 4.72. The molecule has 110 valence electrons. The van der Waals surface area contributed by atoms with E-state index in [2.05, 4.69) is 39.1 Å². The third-order valence-electron chi connectivity index (χ3n) is 3.16. The van der Waals surface area contributed by atoms with E-state index in [9.17, 15) is 4.79 Å². The van der Waals surface area contributed by atoms with Crippen LogP contribution >= 0.6 is 0 Å². The molecule has 1 unspecified atom stereocenters. The van der Waals surface area contributed by atoms with Crippen molar-refractivity contribution in [2.45, 2.75) is 25.8 Å². The lowest BCUT2D eigenvalue weighted by Gasteiger charge is -2.18. The first-order valence-electron chi connectivity index (χ1n) is 6.86. The van der Waals surface area contributed by atoms with Crippen LogP contribution in [-0.2, 0) is 0 Å². The Bertz CT molecular complexity index is 589. The Morgan fingerprint density at radius 2 is 2.24 bits per heavy atom. The number of carbonyl (C=O) groups excluding carboxylic acids is 1. The van der Waals surface area contributed by atoms with Crippen molar-refractivity contribution in [2.75, 3.05) is 0 Å².